The molecule has 5 rings (SSSR count). The maximum absolute atomic E-state index is 13.5. The van der Waals surface area contributed by atoms with E-state index in [1.54, 1.807) is 29.2 Å². The topological polar surface area (TPSA) is 92.6 Å². The van der Waals surface area contributed by atoms with E-state index in [9.17, 15) is 18.0 Å². The second kappa shape index (κ2) is 8.72. The fraction of sp³-hybridized carbons (Fsp3) is 0.375. The Balaban J connectivity index is 1.40. The van der Waals surface area contributed by atoms with Crippen LogP contribution in [0.1, 0.15) is 22.5 Å². The Morgan fingerprint density at radius 1 is 0.939 bits per heavy atom. The molecule has 1 atom stereocenters. The lowest BCUT2D eigenvalue weighted by molar-refractivity contribution is 0.0582. The Labute approximate surface area is 192 Å². The van der Waals surface area contributed by atoms with Crippen molar-refractivity contribution in [3.05, 3.63) is 76.2 Å². The highest BCUT2D eigenvalue weighted by Gasteiger charge is 2.35. The van der Waals surface area contributed by atoms with Gasteiger partial charge in [-0.15, -0.1) is 0 Å². The first-order valence-electron chi connectivity index (χ1n) is 11.2. The van der Waals surface area contributed by atoms with Gasteiger partial charge in [-0.25, -0.2) is 13.1 Å². The second-order valence-corrected chi connectivity index (χ2v) is 11.0. The van der Waals surface area contributed by atoms with E-state index >= 15 is 0 Å². The average Bonchev–Trinajstić information content (AvgIpc) is 3.21. The van der Waals surface area contributed by atoms with Gasteiger partial charge < -0.3 is 4.90 Å². The zero-order valence-corrected chi connectivity index (χ0v) is 19.1. The minimum Gasteiger partial charge on any atom is -0.335 e. The quantitative estimate of drug-likeness (QED) is 0.577. The number of carbonyl (C=O) groups excluding carboxylic acids is 1. The Morgan fingerprint density at radius 2 is 1.61 bits per heavy atom. The minimum absolute atomic E-state index is 0.0407. The minimum atomic E-state index is -2.94. The summed E-state index contributed by atoms with van der Waals surface area (Å²) in [5.74, 6) is 0.250. The van der Waals surface area contributed by atoms with Crippen molar-refractivity contribution in [3.63, 3.8) is 0 Å². The highest BCUT2D eigenvalue weighted by atomic mass is 32.2. The van der Waals surface area contributed by atoms with Crippen LogP contribution in [0.2, 0.25) is 0 Å². The lowest BCUT2D eigenvalue weighted by atomic mass is 10.1. The van der Waals surface area contributed by atoms with Crippen LogP contribution in [0.3, 0.4) is 0 Å². The van der Waals surface area contributed by atoms with Gasteiger partial charge in [-0.1, -0.05) is 48.5 Å². The van der Waals surface area contributed by atoms with Gasteiger partial charge in [0, 0.05) is 37.6 Å². The maximum atomic E-state index is 13.5. The van der Waals surface area contributed by atoms with E-state index in [1.807, 2.05) is 30.3 Å². The first kappa shape index (κ1) is 21.8. The smallest absolute Gasteiger partial charge is 0.275 e. The molecule has 2 fully saturated rings. The van der Waals surface area contributed by atoms with Gasteiger partial charge in [0.15, 0.2) is 15.5 Å². The van der Waals surface area contributed by atoms with E-state index in [2.05, 4.69) is 10.00 Å². The number of piperazine rings is 1. The molecule has 0 bridgehead atoms. The number of sulfone groups is 1. The van der Waals surface area contributed by atoms with E-state index in [1.165, 1.54) is 4.68 Å². The molecule has 3 heterocycles. The van der Waals surface area contributed by atoms with E-state index in [0.717, 1.165) is 5.56 Å². The van der Waals surface area contributed by atoms with Crippen LogP contribution in [0.25, 0.3) is 10.8 Å². The lowest BCUT2D eigenvalue weighted by Gasteiger charge is -2.37. The number of aromatic nitrogens is 2. The third-order valence-electron chi connectivity index (χ3n) is 6.57. The number of carbonyl (C=O) groups is 1. The van der Waals surface area contributed by atoms with E-state index in [4.69, 9.17) is 0 Å². The average molecular weight is 467 g/mol. The van der Waals surface area contributed by atoms with Gasteiger partial charge in [-0.2, -0.15) is 5.10 Å². The molecule has 3 aromatic rings. The van der Waals surface area contributed by atoms with Crippen molar-refractivity contribution in [1.82, 2.24) is 19.6 Å². The number of nitrogens with zero attached hydrogens (tertiary/aromatic N) is 4. The van der Waals surface area contributed by atoms with Gasteiger partial charge in [0.1, 0.15) is 0 Å². The molecule has 2 saturated heterocycles. The molecule has 1 amide bonds. The van der Waals surface area contributed by atoms with Crippen molar-refractivity contribution in [3.8, 4) is 0 Å². The van der Waals surface area contributed by atoms with Crippen molar-refractivity contribution >= 4 is 26.5 Å². The van der Waals surface area contributed by atoms with Crippen LogP contribution in [-0.2, 0) is 16.4 Å². The van der Waals surface area contributed by atoms with Crippen LogP contribution < -0.4 is 5.56 Å². The molecule has 9 heteroatoms. The van der Waals surface area contributed by atoms with E-state index < -0.39 is 9.84 Å². The maximum Gasteiger partial charge on any atom is 0.275 e. The number of hydrogen-bond donors (Lipinski definition) is 0. The summed E-state index contributed by atoms with van der Waals surface area (Å²) in [6, 6.07) is 16.7. The highest BCUT2D eigenvalue weighted by molar-refractivity contribution is 7.91. The summed E-state index contributed by atoms with van der Waals surface area (Å²) in [4.78, 5) is 30.5. The van der Waals surface area contributed by atoms with Crippen molar-refractivity contribution in [2.24, 2.45) is 0 Å². The molecule has 1 unspecified atom stereocenters. The molecule has 0 saturated carbocycles. The molecule has 0 spiro atoms. The van der Waals surface area contributed by atoms with Crippen LogP contribution in [0.4, 0.5) is 0 Å². The number of fused-ring (bicyclic) bond motifs is 1. The molecule has 0 radical (unpaired) electrons. The third-order valence-corrected chi connectivity index (χ3v) is 8.32. The largest absolute Gasteiger partial charge is 0.335 e. The molecule has 172 valence electrons. The Hall–Kier alpha value is -3.04. The van der Waals surface area contributed by atoms with Crippen molar-refractivity contribution in [1.29, 1.82) is 0 Å². The first-order chi connectivity index (χ1) is 15.9. The summed E-state index contributed by atoms with van der Waals surface area (Å²) in [6.07, 6.45) is 0.660. The van der Waals surface area contributed by atoms with E-state index in [0.29, 0.717) is 43.4 Å². The van der Waals surface area contributed by atoms with E-state index in [-0.39, 0.29) is 41.3 Å². The van der Waals surface area contributed by atoms with Crippen LogP contribution in [0.15, 0.2) is 59.4 Å². The molecule has 2 aliphatic heterocycles. The molecule has 1 aromatic heterocycles. The van der Waals surface area contributed by atoms with Crippen LogP contribution in [0.5, 0.6) is 0 Å². The molecule has 33 heavy (non-hydrogen) atoms. The zero-order valence-electron chi connectivity index (χ0n) is 18.3. The standard InChI is InChI=1S/C24H26N4O4S/c29-23-21-9-5-4-8-20(21)22(25-28(23)16-18-6-2-1-3-7-18)24(30)27-13-11-26(12-14-27)19-10-15-33(31,32)17-19/h1-9,19H,10-17H2. The SMILES string of the molecule is O=C(c1nn(Cc2ccccc2)c(=O)c2ccccc12)N1CCN(C2CCS(=O)(=O)C2)CC1. The van der Waals surface area contributed by atoms with Crippen molar-refractivity contribution < 1.29 is 13.2 Å². The monoisotopic (exact) mass is 466 g/mol. The molecule has 2 aliphatic rings. The summed E-state index contributed by atoms with van der Waals surface area (Å²) < 4.78 is 25.0. The van der Waals surface area contributed by atoms with Gasteiger partial charge >= 0.3 is 0 Å². The normalized spacial score (nSPS) is 20.8. The Bertz CT molecular complexity index is 1350. The predicted molar refractivity (Wildman–Crippen MR) is 126 cm³/mol. The molecule has 0 aliphatic carbocycles. The third kappa shape index (κ3) is 4.43. The fourth-order valence-corrected chi connectivity index (χ4v) is 6.52. The zero-order chi connectivity index (χ0) is 23.0. The molecular weight excluding hydrogens is 440 g/mol. The Morgan fingerprint density at radius 3 is 2.27 bits per heavy atom. The number of rotatable bonds is 4. The van der Waals surface area contributed by atoms with Crippen LogP contribution in [-0.4, -0.2) is 77.6 Å². The number of benzene rings is 2. The van der Waals surface area contributed by atoms with Crippen molar-refractivity contribution in [2.45, 2.75) is 19.0 Å². The lowest BCUT2D eigenvalue weighted by Crippen LogP contribution is -2.52. The summed E-state index contributed by atoms with van der Waals surface area (Å²) in [6.45, 7) is 2.56. The molecular formula is C24H26N4O4S. The highest BCUT2D eigenvalue weighted by Crippen LogP contribution is 2.21. The summed E-state index contributed by atoms with van der Waals surface area (Å²) >= 11 is 0. The summed E-state index contributed by atoms with van der Waals surface area (Å²) in [5.41, 5.74) is 0.984. The number of amides is 1. The van der Waals surface area contributed by atoms with Gasteiger partial charge in [-0.3, -0.25) is 14.5 Å². The van der Waals surface area contributed by atoms with Crippen LogP contribution in [0, 0.1) is 0 Å². The van der Waals surface area contributed by atoms with Gasteiger partial charge in [-0.05, 0) is 18.1 Å². The van der Waals surface area contributed by atoms with Gasteiger partial charge in [0.05, 0.1) is 23.4 Å². The van der Waals surface area contributed by atoms with Crippen LogP contribution >= 0.6 is 0 Å². The molecule has 0 N–H and O–H groups in total. The van der Waals surface area contributed by atoms with Crippen molar-refractivity contribution in [2.75, 3.05) is 37.7 Å². The fourth-order valence-electron chi connectivity index (χ4n) is 4.76. The first-order valence-corrected chi connectivity index (χ1v) is 13.0. The second-order valence-electron chi connectivity index (χ2n) is 8.73. The molecule has 8 nitrogen and oxygen atoms in total. The van der Waals surface area contributed by atoms with Gasteiger partial charge in [0.25, 0.3) is 11.5 Å². The summed E-state index contributed by atoms with van der Waals surface area (Å²) in [7, 11) is -2.94. The van der Waals surface area contributed by atoms with Gasteiger partial charge in [0.2, 0.25) is 0 Å². The summed E-state index contributed by atoms with van der Waals surface area (Å²) in [5, 5.41) is 5.54. The number of hydrogen-bond acceptors (Lipinski definition) is 6. The predicted octanol–water partition coefficient (Wildman–Crippen LogP) is 1.39. The Kier molecular flexibility index (Phi) is 5.76. The molecule has 2 aromatic carbocycles.